The molecule has 0 saturated heterocycles. The molecule has 2 N–H and O–H groups in total. The maximum atomic E-state index is 11.3. The van der Waals surface area contributed by atoms with Gasteiger partial charge >= 0.3 is 6.03 Å². The van der Waals surface area contributed by atoms with Crippen LogP contribution >= 0.6 is 0 Å². The predicted octanol–water partition coefficient (Wildman–Crippen LogP) is 0.795. The van der Waals surface area contributed by atoms with Crippen molar-refractivity contribution in [2.75, 3.05) is 19.8 Å². The lowest BCUT2D eigenvalue weighted by atomic mass is 10.1. The lowest BCUT2D eigenvalue weighted by Gasteiger charge is -2.14. The van der Waals surface area contributed by atoms with Gasteiger partial charge in [0.2, 0.25) is 0 Å². The second-order valence-electron chi connectivity index (χ2n) is 3.79. The van der Waals surface area contributed by atoms with E-state index in [1.165, 1.54) is 5.57 Å². The van der Waals surface area contributed by atoms with E-state index in [2.05, 4.69) is 10.6 Å². The first-order valence-corrected chi connectivity index (χ1v) is 5.14. The van der Waals surface area contributed by atoms with Crippen LogP contribution in [0.5, 0.6) is 0 Å². The monoisotopic (exact) mass is 196 g/mol. The number of ether oxygens (including phenoxy) is 1. The first-order valence-electron chi connectivity index (χ1n) is 5.14. The molecule has 1 aliphatic carbocycles. The number of nitrogens with one attached hydrogen (secondary N) is 2. The predicted molar refractivity (Wildman–Crippen MR) is 53.1 cm³/mol. The highest BCUT2D eigenvalue weighted by atomic mass is 16.5. The van der Waals surface area contributed by atoms with E-state index in [4.69, 9.17) is 4.74 Å². The van der Waals surface area contributed by atoms with Crippen LogP contribution in [0.25, 0.3) is 0 Å². The second kappa shape index (κ2) is 4.46. The van der Waals surface area contributed by atoms with Crippen LogP contribution in [0, 0.1) is 0 Å². The third-order valence-electron chi connectivity index (χ3n) is 2.45. The third kappa shape index (κ3) is 3.03. The van der Waals surface area contributed by atoms with E-state index in [1.54, 1.807) is 0 Å². The Bertz CT molecular complexity index is 247. The van der Waals surface area contributed by atoms with E-state index in [0.29, 0.717) is 19.2 Å². The lowest BCUT2D eigenvalue weighted by Crippen LogP contribution is -2.38. The van der Waals surface area contributed by atoms with Crippen LogP contribution in [-0.4, -0.2) is 31.8 Å². The average Bonchev–Trinajstić information content (AvgIpc) is 3.00. The number of urea groups is 1. The molecule has 1 aliphatic heterocycles. The Morgan fingerprint density at radius 1 is 1.57 bits per heavy atom. The molecule has 0 unspecified atom stereocenters. The highest BCUT2D eigenvalue weighted by Gasteiger charge is 2.22. The summed E-state index contributed by atoms with van der Waals surface area (Å²) in [7, 11) is 0. The van der Waals surface area contributed by atoms with E-state index in [0.717, 1.165) is 25.9 Å². The molecule has 0 radical (unpaired) electrons. The van der Waals surface area contributed by atoms with Gasteiger partial charge in [-0.15, -0.1) is 0 Å². The van der Waals surface area contributed by atoms with Crippen molar-refractivity contribution in [2.24, 2.45) is 0 Å². The summed E-state index contributed by atoms with van der Waals surface area (Å²) in [6.45, 7) is 2.11. The van der Waals surface area contributed by atoms with E-state index >= 15 is 0 Å². The van der Waals surface area contributed by atoms with Crippen LogP contribution in [0.15, 0.2) is 11.6 Å². The standard InChI is InChI=1S/C10H16N2O2/c13-10(12-9-1-2-9)11-7-8-3-5-14-6-4-8/h3,9H,1-2,4-7H2,(H2,11,12,13). The summed E-state index contributed by atoms with van der Waals surface area (Å²) in [5.74, 6) is 0. The van der Waals surface area contributed by atoms with Crippen molar-refractivity contribution in [1.82, 2.24) is 10.6 Å². The fourth-order valence-corrected chi connectivity index (χ4v) is 1.38. The van der Waals surface area contributed by atoms with E-state index < -0.39 is 0 Å². The second-order valence-corrected chi connectivity index (χ2v) is 3.79. The van der Waals surface area contributed by atoms with Crippen LogP contribution in [-0.2, 0) is 4.74 Å². The highest BCUT2D eigenvalue weighted by molar-refractivity contribution is 5.74. The zero-order valence-corrected chi connectivity index (χ0v) is 8.21. The molecule has 0 spiro atoms. The van der Waals surface area contributed by atoms with Gasteiger partial charge in [0, 0.05) is 12.6 Å². The Hall–Kier alpha value is -1.03. The zero-order chi connectivity index (χ0) is 9.80. The molecule has 0 atom stereocenters. The van der Waals surface area contributed by atoms with Gasteiger partial charge in [-0.2, -0.15) is 0 Å². The molecule has 2 amide bonds. The summed E-state index contributed by atoms with van der Waals surface area (Å²) in [6.07, 6.45) is 5.23. The maximum absolute atomic E-state index is 11.3. The summed E-state index contributed by atoms with van der Waals surface area (Å²) < 4.78 is 5.18. The third-order valence-corrected chi connectivity index (χ3v) is 2.45. The van der Waals surface area contributed by atoms with Gasteiger partial charge in [0.1, 0.15) is 0 Å². The normalized spacial score (nSPS) is 21.3. The van der Waals surface area contributed by atoms with Gasteiger partial charge in [0.15, 0.2) is 0 Å². The molecule has 0 aromatic rings. The number of carbonyl (C=O) groups is 1. The van der Waals surface area contributed by atoms with E-state index in [9.17, 15) is 4.79 Å². The first kappa shape index (κ1) is 9.52. The largest absolute Gasteiger partial charge is 0.377 e. The number of hydrogen-bond donors (Lipinski definition) is 2. The van der Waals surface area contributed by atoms with Crippen molar-refractivity contribution in [1.29, 1.82) is 0 Å². The number of rotatable bonds is 3. The number of carbonyl (C=O) groups excluding carboxylic acids is 1. The Kier molecular flexibility index (Phi) is 3.03. The summed E-state index contributed by atoms with van der Waals surface area (Å²) in [5, 5.41) is 5.73. The molecule has 4 nitrogen and oxygen atoms in total. The van der Waals surface area contributed by atoms with Gasteiger partial charge in [0.05, 0.1) is 13.2 Å². The Balaban J connectivity index is 1.64. The SMILES string of the molecule is O=C(NCC1=CCOCC1)NC1CC1. The smallest absolute Gasteiger partial charge is 0.315 e. The van der Waals surface area contributed by atoms with Gasteiger partial charge in [-0.3, -0.25) is 0 Å². The highest BCUT2D eigenvalue weighted by Crippen LogP contribution is 2.18. The van der Waals surface area contributed by atoms with Crippen molar-refractivity contribution in [3.05, 3.63) is 11.6 Å². The number of hydrogen-bond acceptors (Lipinski definition) is 2. The summed E-state index contributed by atoms with van der Waals surface area (Å²) in [5.41, 5.74) is 1.27. The Morgan fingerprint density at radius 3 is 3.07 bits per heavy atom. The molecule has 2 aliphatic rings. The molecule has 1 fully saturated rings. The first-order chi connectivity index (χ1) is 6.84. The minimum atomic E-state index is -0.0418. The average molecular weight is 196 g/mol. The molecule has 1 saturated carbocycles. The summed E-state index contributed by atoms with van der Waals surface area (Å²) in [6, 6.07) is 0.388. The van der Waals surface area contributed by atoms with Crippen molar-refractivity contribution in [3.63, 3.8) is 0 Å². The Labute approximate surface area is 83.7 Å². The van der Waals surface area contributed by atoms with Gasteiger partial charge in [-0.1, -0.05) is 11.6 Å². The molecule has 4 heteroatoms. The fraction of sp³-hybridized carbons (Fsp3) is 0.700. The molecule has 0 aromatic carbocycles. The summed E-state index contributed by atoms with van der Waals surface area (Å²) >= 11 is 0. The molecule has 14 heavy (non-hydrogen) atoms. The molecule has 0 aromatic heterocycles. The van der Waals surface area contributed by atoms with Crippen LogP contribution in [0.3, 0.4) is 0 Å². The molecular weight excluding hydrogens is 180 g/mol. The van der Waals surface area contributed by atoms with Crippen LogP contribution in [0.4, 0.5) is 4.79 Å². The van der Waals surface area contributed by atoms with Gasteiger partial charge in [-0.25, -0.2) is 4.79 Å². The van der Waals surface area contributed by atoms with Gasteiger partial charge in [0.25, 0.3) is 0 Å². The van der Waals surface area contributed by atoms with Crippen LogP contribution in [0.1, 0.15) is 19.3 Å². The lowest BCUT2D eigenvalue weighted by molar-refractivity contribution is 0.153. The number of amides is 2. The quantitative estimate of drug-likeness (QED) is 0.656. The van der Waals surface area contributed by atoms with E-state index in [-0.39, 0.29) is 6.03 Å². The minimum Gasteiger partial charge on any atom is -0.377 e. The van der Waals surface area contributed by atoms with Gasteiger partial charge in [-0.05, 0) is 19.3 Å². The Morgan fingerprint density at radius 2 is 2.43 bits per heavy atom. The minimum absolute atomic E-state index is 0.0418. The molecule has 78 valence electrons. The molecule has 0 bridgehead atoms. The zero-order valence-electron chi connectivity index (χ0n) is 8.21. The van der Waals surface area contributed by atoms with Gasteiger partial charge < -0.3 is 15.4 Å². The van der Waals surface area contributed by atoms with Crippen molar-refractivity contribution in [3.8, 4) is 0 Å². The summed E-state index contributed by atoms with van der Waals surface area (Å²) in [4.78, 5) is 11.3. The topological polar surface area (TPSA) is 50.4 Å². The molecular formula is C10H16N2O2. The van der Waals surface area contributed by atoms with Crippen molar-refractivity contribution < 1.29 is 9.53 Å². The van der Waals surface area contributed by atoms with Crippen LogP contribution < -0.4 is 10.6 Å². The van der Waals surface area contributed by atoms with Crippen molar-refractivity contribution >= 4 is 6.03 Å². The van der Waals surface area contributed by atoms with E-state index in [1.807, 2.05) is 6.08 Å². The van der Waals surface area contributed by atoms with Crippen LogP contribution in [0.2, 0.25) is 0 Å². The van der Waals surface area contributed by atoms with Crippen molar-refractivity contribution in [2.45, 2.75) is 25.3 Å². The molecule has 2 rings (SSSR count). The fourth-order valence-electron chi connectivity index (χ4n) is 1.38. The molecule has 1 heterocycles. The maximum Gasteiger partial charge on any atom is 0.315 e.